The van der Waals surface area contributed by atoms with Crippen molar-refractivity contribution in [2.24, 2.45) is 0 Å². The van der Waals surface area contributed by atoms with Crippen LogP contribution in [0, 0.1) is 5.82 Å². The van der Waals surface area contributed by atoms with Gasteiger partial charge in [0.25, 0.3) is 0 Å². The Morgan fingerprint density at radius 3 is 2.90 bits per heavy atom. The Hall–Kier alpha value is -2.15. The number of esters is 1. The van der Waals surface area contributed by atoms with Gasteiger partial charge < -0.3 is 15.8 Å². The number of anilines is 3. The molecular weight excluding hydrogens is 329 g/mol. The third-order valence-electron chi connectivity index (χ3n) is 2.50. The Kier molecular flexibility index (Phi) is 4.19. The summed E-state index contributed by atoms with van der Waals surface area (Å²) in [6, 6.07) is 5.58. The van der Waals surface area contributed by atoms with Crippen LogP contribution < -0.4 is 11.1 Å². The molecule has 1 heterocycles. The number of benzene rings is 1. The predicted molar refractivity (Wildman–Crippen MR) is 77.4 cm³/mol. The summed E-state index contributed by atoms with van der Waals surface area (Å²) >= 11 is 3.28. The van der Waals surface area contributed by atoms with Crippen molar-refractivity contribution in [3.05, 3.63) is 46.3 Å². The number of methoxy groups -OCH3 is 1. The van der Waals surface area contributed by atoms with Crippen molar-refractivity contribution in [3.63, 3.8) is 0 Å². The zero-order valence-electron chi connectivity index (χ0n) is 10.5. The molecule has 20 heavy (non-hydrogen) atoms. The number of rotatable bonds is 3. The van der Waals surface area contributed by atoms with Gasteiger partial charge in [-0.3, -0.25) is 0 Å². The minimum atomic E-state index is -0.583. The number of aromatic nitrogens is 1. The summed E-state index contributed by atoms with van der Waals surface area (Å²) in [5, 5.41) is 2.87. The number of pyridine rings is 1. The molecule has 5 nitrogen and oxygen atoms in total. The molecule has 0 aliphatic heterocycles. The number of hydrogen-bond donors (Lipinski definition) is 2. The van der Waals surface area contributed by atoms with Crippen molar-refractivity contribution in [3.8, 4) is 0 Å². The molecule has 104 valence electrons. The average Bonchev–Trinajstić information content (AvgIpc) is 2.43. The number of nitrogens with two attached hydrogens (primary N) is 1. The maximum absolute atomic E-state index is 13.2. The molecule has 0 amide bonds. The fourth-order valence-corrected chi connectivity index (χ4v) is 1.91. The standard InChI is InChI=1S/C13H11BrFN3O2/c1-20-13(19)9-5-8(16)6-17-12(9)18-11-4-7(15)2-3-10(11)14/h2-6H,16H2,1H3,(H,17,18). The summed E-state index contributed by atoms with van der Waals surface area (Å²) in [6.07, 6.45) is 1.39. The monoisotopic (exact) mass is 339 g/mol. The van der Waals surface area contributed by atoms with Gasteiger partial charge in [0.1, 0.15) is 17.2 Å². The van der Waals surface area contributed by atoms with E-state index in [4.69, 9.17) is 5.73 Å². The first-order chi connectivity index (χ1) is 9.51. The first-order valence-electron chi connectivity index (χ1n) is 5.57. The molecule has 1 aromatic carbocycles. The second-order valence-corrected chi connectivity index (χ2v) is 4.76. The van der Waals surface area contributed by atoms with E-state index in [2.05, 4.69) is 31.0 Å². The summed E-state index contributed by atoms with van der Waals surface area (Å²) in [5.41, 5.74) is 6.54. The van der Waals surface area contributed by atoms with Crippen molar-refractivity contribution >= 4 is 39.1 Å². The highest BCUT2D eigenvalue weighted by molar-refractivity contribution is 9.10. The predicted octanol–water partition coefficient (Wildman–Crippen LogP) is 3.10. The van der Waals surface area contributed by atoms with E-state index in [1.165, 1.54) is 31.5 Å². The lowest BCUT2D eigenvalue weighted by Crippen LogP contribution is -2.08. The lowest BCUT2D eigenvalue weighted by Gasteiger charge is -2.11. The van der Waals surface area contributed by atoms with Crippen LogP contribution >= 0.6 is 15.9 Å². The van der Waals surface area contributed by atoms with E-state index in [9.17, 15) is 9.18 Å². The van der Waals surface area contributed by atoms with Crippen LogP contribution in [0.3, 0.4) is 0 Å². The lowest BCUT2D eigenvalue weighted by atomic mass is 10.2. The number of nitrogens with one attached hydrogen (secondary N) is 1. The molecule has 0 saturated carbocycles. The third-order valence-corrected chi connectivity index (χ3v) is 3.19. The van der Waals surface area contributed by atoms with Crippen LogP contribution in [0.4, 0.5) is 21.6 Å². The first-order valence-corrected chi connectivity index (χ1v) is 6.36. The molecule has 2 aromatic rings. The second-order valence-electron chi connectivity index (χ2n) is 3.91. The van der Waals surface area contributed by atoms with Crippen LogP contribution in [0.1, 0.15) is 10.4 Å². The van der Waals surface area contributed by atoms with Crippen LogP contribution in [0.15, 0.2) is 34.9 Å². The number of carbonyl (C=O) groups is 1. The molecule has 7 heteroatoms. The van der Waals surface area contributed by atoms with Gasteiger partial charge in [-0.25, -0.2) is 14.2 Å². The van der Waals surface area contributed by atoms with Crippen LogP contribution in [-0.4, -0.2) is 18.1 Å². The molecule has 0 atom stereocenters. The SMILES string of the molecule is COC(=O)c1cc(N)cnc1Nc1cc(F)ccc1Br. The highest BCUT2D eigenvalue weighted by Crippen LogP contribution is 2.28. The Balaban J connectivity index is 2.43. The van der Waals surface area contributed by atoms with Crippen molar-refractivity contribution in [1.82, 2.24) is 4.98 Å². The highest BCUT2D eigenvalue weighted by Gasteiger charge is 2.15. The molecular formula is C13H11BrFN3O2. The van der Waals surface area contributed by atoms with Gasteiger partial charge in [0.05, 0.1) is 24.7 Å². The lowest BCUT2D eigenvalue weighted by molar-refractivity contribution is 0.0601. The number of ether oxygens (including phenoxy) is 1. The maximum Gasteiger partial charge on any atom is 0.341 e. The Bertz CT molecular complexity index is 664. The molecule has 0 saturated heterocycles. The van der Waals surface area contributed by atoms with E-state index in [1.807, 2.05) is 0 Å². The topological polar surface area (TPSA) is 77.2 Å². The highest BCUT2D eigenvalue weighted by atomic mass is 79.9. The Morgan fingerprint density at radius 1 is 1.45 bits per heavy atom. The largest absolute Gasteiger partial charge is 0.465 e. The number of nitrogens with zero attached hydrogens (tertiary/aromatic N) is 1. The number of nitrogen functional groups attached to an aromatic ring is 1. The number of hydrogen-bond acceptors (Lipinski definition) is 5. The van der Waals surface area contributed by atoms with E-state index in [0.29, 0.717) is 15.8 Å². The van der Waals surface area contributed by atoms with Crippen LogP contribution in [0.2, 0.25) is 0 Å². The maximum atomic E-state index is 13.2. The molecule has 0 radical (unpaired) electrons. The fourth-order valence-electron chi connectivity index (χ4n) is 1.57. The fraction of sp³-hybridized carbons (Fsp3) is 0.0769. The van der Waals surface area contributed by atoms with Crippen molar-refractivity contribution in [2.45, 2.75) is 0 Å². The van der Waals surface area contributed by atoms with Crippen LogP contribution in [0.5, 0.6) is 0 Å². The molecule has 0 bridgehead atoms. The van der Waals surface area contributed by atoms with Gasteiger partial charge in [0.15, 0.2) is 0 Å². The average molecular weight is 340 g/mol. The normalized spacial score (nSPS) is 10.2. The second kappa shape index (κ2) is 5.87. The van der Waals surface area contributed by atoms with E-state index in [0.717, 1.165) is 0 Å². The molecule has 0 spiro atoms. The van der Waals surface area contributed by atoms with Crippen LogP contribution in [0.25, 0.3) is 0 Å². The van der Waals surface area contributed by atoms with E-state index in [1.54, 1.807) is 6.07 Å². The smallest absolute Gasteiger partial charge is 0.341 e. The number of halogens is 2. The van der Waals surface area contributed by atoms with Gasteiger partial charge in [-0.2, -0.15) is 0 Å². The molecule has 0 aliphatic carbocycles. The summed E-state index contributed by atoms with van der Waals surface area (Å²) in [4.78, 5) is 15.7. The van der Waals surface area contributed by atoms with E-state index in [-0.39, 0.29) is 11.4 Å². The summed E-state index contributed by atoms with van der Waals surface area (Å²) in [5.74, 6) is -0.761. The number of carbonyl (C=O) groups excluding carboxylic acids is 1. The van der Waals surface area contributed by atoms with Gasteiger partial charge in [-0.05, 0) is 40.2 Å². The Morgan fingerprint density at radius 2 is 2.20 bits per heavy atom. The summed E-state index contributed by atoms with van der Waals surface area (Å²) in [6.45, 7) is 0. The molecule has 0 unspecified atom stereocenters. The van der Waals surface area contributed by atoms with Gasteiger partial charge in [0.2, 0.25) is 0 Å². The summed E-state index contributed by atoms with van der Waals surface area (Å²) in [7, 11) is 1.26. The van der Waals surface area contributed by atoms with E-state index < -0.39 is 11.8 Å². The van der Waals surface area contributed by atoms with Gasteiger partial charge >= 0.3 is 5.97 Å². The van der Waals surface area contributed by atoms with Crippen molar-refractivity contribution < 1.29 is 13.9 Å². The van der Waals surface area contributed by atoms with Gasteiger partial charge in [-0.15, -0.1) is 0 Å². The molecule has 0 aliphatic rings. The van der Waals surface area contributed by atoms with Crippen molar-refractivity contribution in [1.29, 1.82) is 0 Å². The quantitative estimate of drug-likeness (QED) is 0.840. The van der Waals surface area contributed by atoms with Gasteiger partial charge in [0, 0.05) is 4.47 Å². The zero-order chi connectivity index (χ0) is 14.7. The minimum absolute atomic E-state index is 0.170. The first kappa shape index (κ1) is 14.3. The van der Waals surface area contributed by atoms with Gasteiger partial charge in [-0.1, -0.05) is 0 Å². The molecule has 0 fully saturated rings. The van der Waals surface area contributed by atoms with E-state index >= 15 is 0 Å². The summed E-state index contributed by atoms with van der Waals surface area (Å²) < 4.78 is 18.5. The molecule has 1 aromatic heterocycles. The zero-order valence-corrected chi connectivity index (χ0v) is 12.1. The third kappa shape index (κ3) is 3.05. The Labute approximate surface area is 123 Å². The minimum Gasteiger partial charge on any atom is -0.465 e. The molecule has 3 N–H and O–H groups in total. The molecule has 2 rings (SSSR count). The van der Waals surface area contributed by atoms with Crippen molar-refractivity contribution in [2.75, 3.05) is 18.2 Å². The van der Waals surface area contributed by atoms with Crippen LogP contribution in [-0.2, 0) is 4.74 Å².